The lowest BCUT2D eigenvalue weighted by Crippen LogP contribution is -1.93. The third kappa shape index (κ3) is 4.25. The summed E-state index contributed by atoms with van der Waals surface area (Å²) in [5.74, 6) is 0.634. The van der Waals surface area contributed by atoms with Crippen LogP contribution in [0.2, 0.25) is 0 Å². The molecule has 2 aromatic heterocycles. The molecule has 0 N–H and O–H groups in total. The van der Waals surface area contributed by atoms with Gasteiger partial charge in [-0.3, -0.25) is 0 Å². The predicted molar refractivity (Wildman–Crippen MR) is 200 cm³/mol. The van der Waals surface area contributed by atoms with Crippen molar-refractivity contribution in [2.75, 3.05) is 0 Å². The second-order valence-electron chi connectivity index (χ2n) is 12.4. The van der Waals surface area contributed by atoms with E-state index in [1.54, 1.807) is 0 Å². The van der Waals surface area contributed by atoms with Gasteiger partial charge in [0, 0.05) is 22.0 Å². The minimum absolute atomic E-state index is 0.634. The molecule has 0 radical (unpaired) electrons. The van der Waals surface area contributed by atoms with Crippen molar-refractivity contribution < 1.29 is 4.42 Å². The molecule has 8 aromatic carbocycles. The zero-order valence-corrected chi connectivity index (χ0v) is 26.0. The van der Waals surface area contributed by atoms with Crippen LogP contribution in [0.15, 0.2) is 174 Å². The lowest BCUT2D eigenvalue weighted by atomic mass is 9.96. The van der Waals surface area contributed by atoms with E-state index in [4.69, 9.17) is 4.42 Å². The number of aromatic nitrogens is 2. The lowest BCUT2D eigenvalue weighted by Gasteiger charge is -2.10. The minimum atomic E-state index is 0.634. The molecule has 3 heteroatoms. The largest absolute Gasteiger partial charge is 0.436 e. The number of fused-ring (bicyclic) bond motifs is 7. The molecule has 224 valence electrons. The molecule has 0 amide bonds. The summed E-state index contributed by atoms with van der Waals surface area (Å²) in [6.07, 6.45) is 0. The molecule has 0 aliphatic heterocycles. The highest BCUT2D eigenvalue weighted by atomic mass is 16.3. The summed E-state index contributed by atoms with van der Waals surface area (Å²) in [5, 5.41) is 7.59. The Morgan fingerprint density at radius 2 is 1.00 bits per heavy atom. The fourth-order valence-electron chi connectivity index (χ4n) is 7.23. The molecule has 0 saturated heterocycles. The van der Waals surface area contributed by atoms with Crippen LogP contribution in [0, 0.1) is 0 Å². The van der Waals surface area contributed by atoms with Crippen LogP contribution in [-0.2, 0) is 0 Å². The Morgan fingerprint density at radius 3 is 1.83 bits per heavy atom. The Kier molecular flexibility index (Phi) is 5.87. The first-order valence-corrected chi connectivity index (χ1v) is 16.3. The molecule has 2 heterocycles. The van der Waals surface area contributed by atoms with E-state index in [1.165, 1.54) is 65.6 Å². The van der Waals surface area contributed by atoms with E-state index in [1.807, 2.05) is 24.3 Å². The minimum Gasteiger partial charge on any atom is -0.436 e. The second-order valence-corrected chi connectivity index (χ2v) is 12.4. The maximum Gasteiger partial charge on any atom is 0.227 e. The first-order valence-electron chi connectivity index (χ1n) is 16.3. The third-order valence-corrected chi connectivity index (χ3v) is 9.64. The van der Waals surface area contributed by atoms with Gasteiger partial charge >= 0.3 is 0 Å². The molecule has 0 aliphatic rings. The van der Waals surface area contributed by atoms with Gasteiger partial charge in [0.2, 0.25) is 5.89 Å². The van der Waals surface area contributed by atoms with Crippen molar-refractivity contribution in [3.05, 3.63) is 170 Å². The highest BCUT2D eigenvalue weighted by Crippen LogP contribution is 2.37. The van der Waals surface area contributed by atoms with Gasteiger partial charge in [-0.15, -0.1) is 0 Å². The molecule has 0 fully saturated rings. The summed E-state index contributed by atoms with van der Waals surface area (Å²) >= 11 is 0. The van der Waals surface area contributed by atoms with E-state index in [2.05, 4.69) is 155 Å². The monoisotopic (exact) mass is 612 g/mol. The molecule has 10 rings (SSSR count). The van der Waals surface area contributed by atoms with Crippen LogP contribution in [0.25, 0.3) is 93.8 Å². The number of para-hydroxylation sites is 3. The molecule has 3 nitrogen and oxygen atoms in total. The normalized spacial score (nSPS) is 11.8. The summed E-state index contributed by atoms with van der Waals surface area (Å²) in [5.41, 5.74) is 10.9. The summed E-state index contributed by atoms with van der Waals surface area (Å²) in [6, 6.07) is 60.6. The van der Waals surface area contributed by atoms with Gasteiger partial charge in [0.25, 0.3) is 0 Å². The number of hydrogen-bond donors (Lipinski definition) is 0. The molecule has 0 atom stereocenters. The van der Waals surface area contributed by atoms with Crippen LogP contribution < -0.4 is 0 Å². The number of benzene rings is 8. The van der Waals surface area contributed by atoms with Crippen LogP contribution >= 0.6 is 0 Å². The average molecular weight is 613 g/mol. The van der Waals surface area contributed by atoms with Gasteiger partial charge in [-0.25, -0.2) is 4.98 Å². The molecule has 0 saturated carbocycles. The Hall–Kier alpha value is -6.45. The topological polar surface area (TPSA) is 31.0 Å². The highest BCUT2D eigenvalue weighted by molar-refractivity contribution is 6.11. The fourth-order valence-corrected chi connectivity index (χ4v) is 7.23. The Labute approximate surface area is 277 Å². The maximum absolute atomic E-state index is 6.03. The van der Waals surface area contributed by atoms with Gasteiger partial charge in [0.05, 0.1) is 11.0 Å². The quantitative estimate of drug-likeness (QED) is 0.185. The third-order valence-electron chi connectivity index (χ3n) is 9.64. The Balaban J connectivity index is 1.00. The lowest BCUT2D eigenvalue weighted by molar-refractivity contribution is 0.620. The summed E-state index contributed by atoms with van der Waals surface area (Å²) in [4.78, 5) is 4.68. The van der Waals surface area contributed by atoms with Crippen molar-refractivity contribution in [2.24, 2.45) is 0 Å². The van der Waals surface area contributed by atoms with Gasteiger partial charge in [0.1, 0.15) is 5.52 Å². The molecule has 0 bridgehead atoms. The number of rotatable bonds is 4. The molecule has 0 unspecified atom stereocenters. The van der Waals surface area contributed by atoms with Crippen LogP contribution in [-0.4, -0.2) is 9.55 Å². The summed E-state index contributed by atoms with van der Waals surface area (Å²) in [6.45, 7) is 0. The Bertz CT molecular complexity index is 2790. The van der Waals surface area contributed by atoms with E-state index in [9.17, 15) is 0 Å². The first kappa shape index (κ1) is 26.7. The van der Waals surface area contributed by atoms with Gasteiger partial charge in [-0.05, 0) is 104 Å². The zero-order chi connectivity index (χ0) is 31.6. The van der Waals surface area contributed by atoms with Crippen LogP contribution in [0.5, 0.6) is 0 Å². The maximum atomic E-state index is 6.03. The fraction of sp³-hybridized carbons (Fsp3) is 0. The predicted octanol–water partition coefficient (Wildman–Crippen LogP) is 12.2. The van der Waals surface area contributed by atoms with E-state index in [0.29, 0.717) is 5.89 Å². The van der Waals surface area contributed by atoms with Crippen LogP contribution in [0.3, 0.4) is 0 Å². The second kappa shape index (κ2) is 10.5. The molecule has 0 aliphatic carbocycles. The van der Waals surface area contributed by atoms with Crippen LogP contribution in [0.4, 0.5) is 0 Å². The van der Waals surface area contributed by atoms with E-state index >= 15 is 0 Å². The van der Waals surface area contributed by atoms with Crippen molar-refractivity contribution in [3.63, 3.8) is 0 Å². The van der Waals surface area contributed by atoms with E-state index in [-0.39, 0.29) is 0 Å². The highest BCUT2D eigenvalue weighted by Gasteiger charge is 2.15. The smallest absolute Gasteiger partial charge is 0.227 e. The molecule has 0 spiro atoms. The Morgan fingerprint density at radius 1 is 0.396 bits per heavy atom. The molecular formula is C45H28N2O. The number of nitrogens with zero attached hydrogens (tertiary/aromatic N) is 2. The molecular weight excluding hydrogens is 585 g/mol. The van der Waals surface area contributed by atoms with E-state index in [0.717, 1.165) is 22.4 Å². The van der Waals surface area contributed by atoms with Crippen molar-refractivity contribution in [3.8, 4) is 39.4 Å². The van der Waals surface area contributed by atoms with Crippen molar-refractivity contribution in [1.82, 2.24) is 9.55 Å². The standard InChI is InChI=1S/C45H28N2O/c1-2-8-37-31(7-1)17-18-35-27-33(21-25-38(35)37)29-13-15-30(16-14-29)34-22-26-43-40(28-34)39-9-3-5-11-42(39)47(43)36-23-19-32(20-24-36)45-46-41-10-4-6-12-44(41)48-45/h1-28H. The first-order chi connectivity index (χ1) is 23.8. The molecule has 48 heavy (non-hydrogen) atoms. The zero-order valence-electron chi connectivity index (χ0n) is 26.0. The SMILES string of the molecule is c1ccc2c(c1)ccc1cc(-c3ccc(-c4ccc5c(c4)c4ccccc4n5-c4ccc(-c5nc6ccccc6o5)cc4)cc3)ccc12. The van der Waals surface area contributed by atoms with Crippen molar-refractivity contribution in [2.45, 2.75) is 0 Å². The number of oxazole rings is 1. The van der Waals surface area contributed by atoms with Crippen molar-refractivity contribution in [1.29, 1.82) is 0 Å². The molecule has 10 aromatic rings. The van der Waals surface area contributed by atoms with Gasteiger partial charge in [0.15, 0.2) is 5.58 Å². The van der Waals surface area contributed by atoms with Gasteiger partial charge in [-0.1, -0.05) is 109 Å². The van der Waals surface area contributed by atoms with Crippen molar-refractivity contribution >= 4 is 54.5 Å². The van der Waals surface area contributed by atoms with E-state index < -0.39 is 0 Å². The van der Waals surface area contributed by atoms with Gasteiger partial charge < -0.3 is 8.98 Å². The summed E-state index contributed by atoms with van der Waals surface area (Å²) < 4.78 is 8.37. The number of hydrogen-bond acceptors (Lipinski definition) is 2. The van der Waals surface area contributed by atoms with Crippen LogP contribution in [0.1, 0.15) is 0 Å². The summed E-state index contributed by atoms with van der Waals surface area (Å²) in [7, 11) is 0. The average Bonchev–Trinajstić information content (AvgIpc) is 3.74. The van der Waals surface area contributed by atoms with Gasteiger partial charge in [-0.2, -0.15) is 0 Å².